The topological polar surface area (TPSA) is 140 Å². The summed E-state index contributed by atoms with van der Waals surface area (Å²) in [5.41, 5.74) is 8.20. The second-order valence-corrected chi connectivity index (χ2v) is 7.66. The van der Waals surface area contributed by atoms with Crippen LogP contribution in [0.5, 0.6) is 0 Å². The number of nitrogen functional groups attached to an aromatic ring is 2. The van der Waals surface area contributed by atoms with Crippen LogP contribution in [0.3, 0.4) is 0 Å². The van der Waals surface area contributed by atoms with Crippen LogP contribution in [0.15, 0.2) is 41.2 Å². The standard InChI is InChI=1S/C23H17F5N8O/c1-2-35(20-14(9-29)19(30)33-22(31)34-20)23-32-15-5-3-4-13(18(27)28)16(15)21(37)36(23)12-7-10(17(25)26)6-11(24)8-12/h3-8,17-18H,2H2,1H3,(H4,30,31,33,34). The maximum Gasteiger partial charge on any atom is 0.267 e. The van der Waals surface area contributed by atoms with E-state index in [0.29, 0.717) is 10.6 Å². The number of benzene rings is 2. The highest BCUT2D eigenvalue weighted by atomic mass is 19.3. The Morgan fingerprint density at radius 1 is 1.08 bits per heavy atom. The number of fused-ring (bicyclic) bond motifs is 1. The fourth-order valence-corrected chi connectivity index (χ4v) is 3.86. The van der Waals surface area contributed by atoms with Gasteiger partial charge >= 0.3 is 0 Å². The summed E-state index contributed by atoms with van der Waals surface area (Å²) in [5.74, 6) is -2.25. The van der Waals surface area contributed by atoms with Gasteiger partial charge in [-0.15, -0.1) is 0 Å². The Labute approximate surface area is 205 Å². The highest BCUT2D eigenvalue weighted by molar-refractivity contribution is 5.84. The predicted octanol–water partition coefficient (Wildman–Crippen LogP) is 4.38. The second kappa shape index (κ2) is 9.69. The predicted molar refractivity (Wildman–Crippen MR) is 125 cm³/mol. The second-order valence-electron chi connectivity index (χ2n) is 7.66. The van der Waals surface area contributed by atoms with Crippen molar-refractivity contribution in [3.63, 3.8) is 0 Å². The van der Waals surface area contributed by atoms with Crippen molar-refractivity contribution in [2.24, 2.45) is 0 Å². The first kappa shape index (κ1) is 25.3. The van der Waals surface area contributed by atoms with Gasteiger partial charge < -0.3 is 11.5 Å². The molecule has 0 spiro atoms. The molecule has 0 unspecified atom stereocenters. The Morgan fingerprint density at radius 2 is 1.81 bits per heavy atom. The van der Waals surface area contributed by atoms with Crippen molar-refractivity contribution in [3.05, 3.63) is 69.3 Å². The summed E-state index contributed by atoms with van der Waals surface area (Å²) < 4.78 is 69.6. The number of hydrogen-bond acceptors (Lipinski definition) is 8. The zero-order valence-electron chi connectivity index (χ0n) is 19.0. The summed E-state index contributed by atoms with van der Waals surface area (Å²) >= 11 is 0. The Bertz CT molecular complexity index is 1620. The third-order valence-electron chi connectivity index (χ3n) is 5.42. The van der Waals surface area contributed by atoms with E-state index in [4.69, 9.17) is 11.5 Å². The first-order valence-corrected chi connectivity index (χ1v) is 10.6. The number of nitrogens with two attached hydrogens (primary N) is 2. The van der Waals surface area contributed by atoms with Gasteiger partial charge in [0.1, 0.15) is 23.3 Å². The first-order chi connectivity index (χ1) is 17.6. The van der Waals surface area contributed by atoms with Gasteiger partial charge in [0.15, 0.2) is 5.82 Å². The molecule has 0 aliphatic carbocycles. The summed E-state index contributed by atoms with van der Waals surface area (Å²) in [5, 5.41) is 9.14. The molecule has 0 radical (unpaired) electrons. The van der Waals surface area contributed by atoms with Crippen molar-refractivity contribution in [1.29, 1.82) is 5.26 Å². The van der Waals surface area contributed by atoms with Gasteiger partial charge in [0.05, 0.1) is 16.6 Å². The van der Waals surface area contributed by atoms with Gasteiger partial charge in [-0.05, 0) is 31.2 Å². The molecule has 190 valence electrons. The molecule has 4 rings (SSSR count). The first-order valence-electron chi connectivity index (χ1n) is 10.6. The molecule has 4 aromatic rings. The van der Waals surface area contributed by atoms with Crippen molar-refractivity contribution >= 4 is 34.4 Å². The summed E-state index contributed by atoms with van der Waals surface area (Å²) in [6.45, 7) is 1.52. The molecule has 0 saturated carbocycles. The molecule has 2 aromatic heterocycles. The smallest absolute Gasteiger partial charge is 0.267 e. The molecule has 0 atom stereocenters. The molecule has 0 bridgehead atoms. The number of nitriles is 1. The molecule has 2 heterocycles. The van der Waals surface area contributed by atoms with Gasteiger partial charge in [0.25, 0.3) is 18.4 Å². The van der Waals surface area contributed by atoms with Crippen LogP contribution in [0.25, 0.3) is 16.6 Å². The maximum absolute atomic E-state index is 14.4. The van der Waals surface area contributed by atoms with E-state index >= 15 is 0 Å². The van der Waals surface area contributed by atoms with E-state index in [0.717, 1.165) is 18.2 Å². The number of hydrogen-bond donors (Lipinski definition) is 2. The third kappa shape index (κ3) is 4.46. The molecule has 0 aliphatic rings. The number of aromatic nitrogens is 4. The number of halogens is 5. The average molecular weight is 516 g/mol. The van der Waals surface area contributed by atoms with E-state index < -0.39 is 46.4 Å². The lowest BCUT2D eigenvalue weighted by Crippen LogP contribution is -2.31. The molecule has 2 aromatic carbocycles. The Morgan fingerprint density at radius 3 is 2.43 bits per heavy atom. The van der Waals surface area contributed by atoms with Crippen molar-refractivity contribution in [3.8, 4) is 11.8 Å². The van der Waals surface area contributed by atoms with Crippen LogP contribution in [0, 0.1) is 17.1 Å². The highest BCUT2D eigenvalue weighted by Crippen LogP contribution is 2.33. The van der Waals surface area contributed by atoms with Crippen molar-refractivity contribution in [2.45, 2.75) is 19.8 Å². The van der Waals surface area contributed by atoms with Crippen LogP contribution in [0.1, 0.15) is 36.5 Å². The number of nitrogens with zero attached hydrogens (tertiary/aromatic N) is 6. The minimum Gasteiger partial charge on any atom is -0.382 e. The van der Waals surface area contributed by atoms with Crippen LogP contribution in [0.2, 0.25) is 0 Å². The Kier molecular flexibility index (Phi) is 6.62. The highest BCUT2D eigenvalue weighted by Gasteiger charge is 2.27. The largest absolute Gasteiger partial charge is 0.382 e. The minimum absolute atomic E-state index is 0.0475. The fourth-order valence-electron chi connectivity index (χ4n) is 3.86. The van der Waals surface area contributed by atoms with E-state index in [1.165, 1.54) is 17.0 Å². The van der Waals surface area contributed by atoms with Gasteiger partial charge in [-0.3, -0.25) is 9.69 Å². The molecule has 0 amide bonds. The van der Waals surface area contributed by atoms with Gasteiger partial charge in [-0.2, -0.15) is 15.2 Å². The number of anilines is 4. The van der Waals surface area contributed by atoms with E-state index in [1.54, 1.807) is 6.92 Å². The lowest BCUT2D eigenvalue weighted by Gasteiger charge is -2.26. The lowest BCUT2D eigenvalue weighted by atomic mass is 10.1. The monoisotopic (exact) mass is 516 g/mol. The maximum atomic E-state index is 14.4. The molecule has 9 nitrogen and oxygen atoms in total. The van der Waals surface area contributed by atoms with Gasteiger partial charge in [0.2, 0.25) is 11.9 Å². The van der Waals surface area contributed by atoms with Crippen molar-refractivity contribution < 1.29 is 22.0 Å². The average Bonchev–Trinajstić information content (AvgIpc) is 2.83. The third-order valence-corrected chi connectivity index (χ3v) is 5.42. The molecule has 14 heteroatoms. The Balaban J connectivity index is 2.18. The molecule has 0 fully saturated rings. The zero-order valence-corrected chi connectivity index (χ0v) is 19.0. The van der Waals surface area contributed by atoms with Gasteiger partial charge in [-0.25, -0.2) is 31.5 Å². The summed E-state index contributed by atoms with van der Waals surface area (Å²) in [7, 11) is 0. The molecule has 37 heavy (non-hydrogen) atoms. The van der Waals surface area contributed by atoms with Crippen LogP contribution < -0.4 is 21.9 Å². The van der Waals surface area contributed by atoms with Crippen molar-refractivity contribution in [1.82, 2.24) is 19.5 Å². The fraction of sp³-hybridized carbons (Fsp3) is 0.174. The summed E-state index contributed by atoms with van der Waals surface area (Å²) in [4.78, 5) is 27.0. The van der Waals surface area contributed by atoms with Crippen LogP contribution in [0.4, 0.5) is 45.5 Å². The van der Waals surface area contributed by atoms with E-state index in [1.807, 2.05) is 6.07 Å². The Hall–Kier alpha value is -4.80. The van der Waals surface area contributed by atoms with E-state index in [2.05, 4.69) is 15.0 Å². The SMILES string of the molecule is CCN(c1nc(N)nc(N)c1C#N)c1nc2cccc(C(F)F)c2c(=O)n1-c1cc(F)cc(C(F)F)c1. The van der Waals surface area contributed by atoms with Crippen LogP contribution >= 0.6 is 0 Å². The van der Waals surface area contributed by atoms with E-state index in [9.17, 15) is 32.0 Å². The molecule has 0 saturated heterocycles. The van der Waals surface area contributed by atoms with E-state index in [-0.39, 0.29) is 41.2 Å². The lowest BCUT2D eigenvalue weighted by molar-refractivity contribution is 0.151. The van der Waals surface area contributed by atoms with Crippen LogP contribution in [-0.4, -0.2) is 26.1 Å². The van der Waals surface area contributed by atoms with Crippen molar-refractivity contribution in [2.75, 3.05) is 22.9 Å². The molecular formula is C23H17F5N8O. The van der Waals surface area contributed by atoms with Crippen LogP contribution in [-0.2, 0) is 0 Å². The normalized spacial score (nSPS) is 11.3. The van der Waals surface area contributed by atoms with Gasteiger partial charge in [-0.1, -0.05) is 12.1 Å². The number of rotatable bonds is 6. The molecule has 4 N–H and O–H groups in total. The van der Waals surface area contributed by atoms with Gasteiger partial charge in [0, 0.05) is 17.7 Å². The summed E-state index contributed by atoms with van der Waals surface area (Å²) in [6, 6.07) is 7.59. The quantitative estimate of drug-likeness (QED) is 0.360. The zero-order chi connectivity index (χ0) is 27.0. The summed E-state index contributed by atoms with van der Waals surface area (Å²) in [6.07, 6.45) is -6.18. The minimum atomic E-state index is -3.10. The number of alkyl halides is 4. The molecular weight excluding hydrogens is 499 g/mol. The molecule has 0 aliphatic heterocycles.